The zero-order valence-corrected chi connectivity index (χ0v) is 17.6. The number of nitrogens with one attached hydrogen (secondary N) is 2. The summed E-state index contributed by atoms with van der Waals surface area (Å²) in [7, 11) is 1.44. The number of hydrogen-bond donors (Lipinski definition) is 3. The standard InChI is InChI=1S/C24H17F3N4O3/c1-28-22(32)17-12-30-20-10-18(24(25,26)27)15(13-7-8-19(23(33)34)29-11-13)9-16(20)21(17)31-14-5-3-2-4-6-14/h2-12H,1H3,(H,28,32)(H,30,31)(H,33,34). The summed E-state index contributed by atoms with van der Waals surface area (Å²) in [6.45, 7) is 0. The third-order valence-corrected chi connectivity index (χ3v) is 5.12. The topological polar surface area (TPSA) is 104 Å². The molecule has 10 heteroatoms. The van der Waals surface area contributed by atoms with Crippen molar-refractivity contribution in [2.24, 2.45) is 0 Å². The van der Waals surface area contributed by atoms with Gasteiger partial charge in [-0.15, -0.1) is 0 Å². The molecule has 0 unspecified atom stereocenters. The Morgan fingerprint density at radius 1 is 0.971 bits per heavy atom. The fourth-order valence-corrected chi connectivity index (χ4v) is 3.50. The van der Waals surface area contributed by atoms with Crippen LogP contribution in [0.1, 0.15) is 26.4 Å². The average Bonchev–Trinajstić information content (AvgIpc) is 2.83. The quantitative estimate of drug-likeness (QED) is 0.377. The third kappa shape index (κ3) is 4.38. The lowest BCUT2D eigenvalue weighted by Crippen LogP contribution is -2.19. The molecule has 1 amide bonds. The lowest BCUT2D eigenvalue weighted by Gasteiger charge is -2.18. The maximum Gasteiger partial charge on any atom is 0.417 e. The van der Waals surface area contributed by atoms with Crippen LogP contribution in [-0.2, 0) is 6.18 Å². The second-order valence-electron chi connectivity index (χ2n) is 7.27. The second kappa shape index (κ2) is 8.81. The number of halogens is 3. The van der Waals surface area contributed by atoms with Crippen LogP contribution in [-0.4, -0.2) is 34.0 Å². The second-order valence-corrected chi connectivity index (χ2v) is 7.27. The van der Waals surface area contributed by atoms with Gasteiger partial charge < -0.3 is 15.7 Å². The molecule has 0 radical (unpaired) electrons. The molecule has 7 nitrogen and oxygen atoms in total. The smallest absolute Gasteiger partial charge is 0.417 e. The minimum absolute atomic E-state index is 0.0253. The number of benzene rings is 2. The molecular weight excluding hydrogens is 449 g/mol. The molecule has 34 heavy (non-hydrogen) atoms. The van der Waals surface area contributed by atoms with Gasteiger partial charge in [0.25, 0.3) is 5.91 Å². The van der Waals surface area contributed by atoms with Crippen LogP contribution in [0.25, 0.3) is 22.0 Å². The molecular formula is C24H17F3N4O3. The van der Waals surface area contributed by atoms with E-state index in [9.17, 15) is 22.8 Å². The highest BCUT2D eigenvalue weighted by Gasteiger charge is 2.35. The fraction of sp³-hybridized carbons (Fsp3) is 0.0833. The van der Waals surface area contributed by atoms with Gasteiger partial charge in [0.1, 0.15) is 5.69 Å². The van der Waals surface area contributed by atoms with Crippen LogP contribution in [0, 0.1) is 0 Å². The number of aromatic nitrogens is 2. The molecule has 0 aliphatic rings. The number of anilines is 2. The van der Waals surface area contributed by atoms with Crippen LogP contribution < -0.4 is 10.6 Å². The Morgan fingerprint density at radius 3 is 2.29 bits per heavy atom. The number of carbonyl (C=O) groups excluding carboxylic acids is 1. The van der Waals surface area contributed by atoms with E-state index in [1.54, 1.807) is 30.3 Å². The van der Waals surface area contributed by atoms with Crippen LogP contribution in [0.15, 0.2) is 67.0 Å². The fourth-order valence-electron chi connectivity index (χ4n) is 3.50. The van der Waals surface area contributed by atoms with E-state index < -0.39 is 23.6 Å². The van der Waals surface area contributed by atoms with E-state index in [1.165, 1.54) is 25.4 Å². The lowest BCUT2D eigenvalue weighted by molar-refractivity contribution is -0.137. The lowest BCUT2D eigenvalue weighted by atomic mass is 9.96. The summed E-state index contributed by atoms with van der Waals surface area (Å²) < 4.78 is 41.9. The number of carbonyl (C=O) groups is 2. The first kappa shape index (κ1) is 22.7. The maximum atomic E-state index is 14.0. The van der Waals surface area contributed by atoms with Gasteiger partial charge in [-0.05, 0) is 35.9 Å². The van der Waals surface area contributed by atoms with E-state index in [4.69, 9.17) is 5.11 Å². The van der Waals surface area contributed by atoms with Crippen molar-refractivity contribution < 1.29 is 27.9 Å². The highest BCUT2D eigenvalue weighted by atomic mass is 19.4. The number of hydrogen-bond acceptors (Lipinski definition) is 5. The number of para-hydroxylation sites is 1. The van der Waals surface area contributed by atoms with Crippen molar-refractivity contribution in [2.45, 2.75) is 6.18 Å². The monoisotopic (exact) mass is 466 g/mol. The molecule has 0 aliphatic heterocycles. The van der Waals surface area contributed by atoms with Crippen molar-refractivity contribution in [2.75, 3.05) is 12.4 Å². The first-order valence-corrected chi connectivity index (χ1v) is 9.97. The molecule has 0 saturated carbocycles. The molecule has 0 saturated heterocycles. The van der Waals surface area contributed by atoms with Crippen molar-refractivity contribution in [3.63, 3.8) is 0 Å². The van der Waals surface area contributed by atoms with Gasteiger partial charge in [-0.25, -0.2) is 9.78 Å². The molecule has 2 heterocycles. The van der Waals surface area contributed by atoms with Crippen LogP contribution in [0.2, 0.25) is 0 Å². The minimum Gasteiger partial charge on any atom is -0.477 e. The van der Waals surface area contributed by atoms with Gasteiger partial charge in [0, 0.05) is 36.1 Å². The van der Waals surface area contributed by atoms with Gasteiger partial charge in [0.05, 0.1) is 22.3 Å². The van der Waals surface area contributed by atoms with E-state index in [0.29, 0.717) is 5.69 Å². The largest absolute Gasteiger partial charge is 0.477 e. The van der Waals surface area contributed by atoms with Crippen LogP contribution >= 0.6 is 0 Å². The summed E-state index contributed by atoms with van der Waals surface area (Å²) >= 11 is 0. The van der Waals surface area contributed by atoms with Crippen LogP contribution in [0.3, 0.4) is 0 Å². The van der Waals surface area contributed by atoms with Crippen molar-refractivity contribution in [3.8, 4) is 11.1 Å². The Balaban J connectivity index is 2.01. The van der Waals surface area contributed by atoms with Gasteiger partial charge in [0.15, 0.2) is 0 Å². The molecule has 0 fully saturated rings. The minimum atomic E-state index is -4.72. The van der Waals surface area contributed by atoms with E-state index in [-0.39, 0.29) is 39.0 Å². The number of nitrogens with zero attached hydrogens (tertiary/aromatic N) is 2. The summed E-state index contributed by atoms with van der Waals surface area (Å²) in [6, 6.07) is 13.4. The highest BCUT2D eigenvalue weighted by Crippen LogP contribution is 2.41. The molecule has 0 spiro atoms. The van der Waals surface area contributed by atoms with E-state index in [1.807, 2.05) is 0 Å². The van der Waals surface area contributed by atoms with Crippen LogP contribution in [0.5, 0.6) is 0 Å². The third-order valence-electron chi connectivity index (χ3n) is 5.12. The number of alkyl halides is 3. The first-order valence-electron chi connectivity index (χ1n) is 9.97. The number of carboxylic acid groups (broad SMARTS) is 1. The molecule has 172 valence electrons. The molecule has 4 rings (SSSR count). The van der Waals surface area contributed by atoms with Crippen molar-refractivity contribution >= 4 is 34.2 Å². The number of rotatable bonds is 5. The number of amides is 1. The van der Waals surface area contributed by atoms with Gasteiger partial charge >= 0.3 is 12.1 Å². The molecule has 2 aromatic carbocycles. The zero-order chi connectivity index (χ0) is 24.5. The van der Waals surface area contributed by atoms with E-state index >= 15 is 0 Å². The Labute approximate surface area is 191 Å². The summed E-state index contributed by atoms with van der Waals surface area (Å²) in [5.41, 5.74) is -0.355. The van der Waals surface area contributed by atoms with Crippen molar-refractivity contribution in [1.82, 2.24) is 15.3 Å². The highest BCUT2D eigenvalue weighted by molar-refractivity contribution is 6.09. The summed E-state index contributed by atoms with van der Waals surface area (Å²) in [6.07, 6.45) is -2.43. The predicted octanol–water partition coefficient (Wildman–Crippen LogP) is 5.12. The van der Waals surface area contributed by atoms with Gasteiger partial charge in [-0.1, -0.05) is 24.3 Å². The zero-order valence-electron chi connectivity index (χ0n) is 17.6. The maximum absolute atomic E-state index is 14.0. The van der Waals surface area contributed by atoms with Gasteiger partial charge in [-0.2, -0.15) is 13.2 Å². The predicted molar refractivity (Wildman–Crippen MR) is 120 cm³/mol. The Hall–Kier alpha value is -4.47. The van der Waals surface area contributed by atoms with E-state index in [2.05, 4.69) is 20.6 Å². The molecule has 3 N–H and O–H groups in total. The van der Waals surface area contributed by atoms with Gasteiger partial charge in [-0.3, -0.25) is 9.78 Å². The molecule has 0 bridgehead atoms. The van der Waals surface area contributed by atoms with Crippen molar-refractivity contribution in [3.05, 3.63) is 83.8 Å². The molecule has 0 atom stereocenters. The number of pyridine rings is 2. The first-order chi connectivity index (χ1) is 16.2. The summed E-state index contributed by atoms with van der Waals surface area (Å²) in [5.74, 6) is -1.77. The van der Waals surface area contributed by atoms with Gasteiger partial charge in [0.2, 0.25) is 0 Å². The molecule has 4 aromatic rings. The number of aromatic carboxylic acids is 1. The number of fused-ring (bicyclic) bond motifs is 1. The molecule has 2 aromatic heterocycles. The summed E-state index contributed by atoms with van der Waals surface area (Å²) in [4.78, 5) is 31.5. The Bertz CT molecular complexity index is 1390. The summed E-state index contributed by atoms with van der Waals surface area (Å²) in [5, 5.41) is 15.0. The van der Waals surface area contributed by atoms with E-state index in [0.717, 1.165) is 18.3 Å². The molecule has 0 aliphatic carbocycles. The normalized spacial score (nSPS) is 11.3. The SMILES string of the molecule is CNC(=O)c1cnc2cc(C(F)(F)F)c(-c3ccc(C(=O)O)nc3)cc2c1Nc1ccccc1. The van der Waals surface area contributed by atoms with Crippen LogP contribution in [0.4, 0.5) is 24.5 Å². The Morgan fingerprint density at radius 2 is 1.71 bits per heavy atom. The van der Waals surface area contributed by atoms with Crippen molar-refractivity contribution in [1.29, 1.82) is 0 Å². The average molecular weight is 466 g/mol. The number of carboxylic acids is 1. The Kier molecular flexibility index (Phi) is 5.89.